The van der Waals surface area contributed by atoms with Crippen LogP contribution in [0.3, 0.4) is 0 Å². The maximum atomic E-state index is 12.5. The molecule has 4 atom stereocenters. The Hall–Kier alpha value is -5.16. The summed E-state index contributed by atoms with van der Waals surface area (Å²) in [6.45, 7) is 31.3. The van der Waals surface area contributed by atoms with E-state index in [1.54, 1.807) is 0 Å². The first-order chi connectivity index (χ1) is 34.3. The summed E-state index contributed by atoms with van der Waals surface area (Å²) < 4.78 is 5.97. The van der Waals surface area contributed by atoms with Gasteiger partial charge < -0.3 is 14.3 Å². The zero-order chi connectivity index (χ0) is 53.5. The minimum atomic E-state index is -0.167. The number of unbranched alkanes of at least 4 members (excludes halogenated alkanes) is 2. The van der Waals surface area contributed by atoms with Gasteiger partial charge in [0.1, 0.15) is 24.5 Å². The Morgan fingerprint density at radius 1 is 0.500 bits per heavy atom. The summed E-state index contributed by atoms with van der Waals surface area (Å²) in [5, 5.41) is 2.45. The molecule has 3 aliphatic carbocycles. The second-order valence-corrected chi connectivity index (χ2v) is 22.2. The molecular weight excluding hydrogens is 885 g/mol. The molecule has 392 valence electrons. The van der Waals surface area contributed by atoms with Gasteiger partial charge in [-0.2, -0.15) is 0 Å². The predicted octanol–water partition coefficient (Wildman–Crippen LogP) is 19.3. The van der Waals surface area contributed by atoms with Gasteiger partial charge in [0.05, 0.1) is 5.92 Å². The molecule has 0 spiro atoms. The molecule has 0 radical (unpaired) electrons. The van der Waals surface area contributed by atoms with Crippen LogP contribution in [0.15, 0.2) is 97.1 Å². The van der Waals surface area contributed by atoms with Gasteiger partial charge in [-0.1, -0.05) is 202 Å². The normalized spacial score (nSPS) is 17.6. The lowest BCUT2D eigenvalue weighted by molar-refractivity contribution is -0.154. The SMILES string of the molecule is CC(C)C.CC(C)C(=O)C1CCC1.CC(C)C(=O)OC1CCC(C)c2ccc(-c3ccc4cc(-c5ccc(-c6ccc7c(c6)C(C)CCC7C)cc5)ccc4c3)cc21.CC(C)C=O.CCCC.CCCC=O. The highest BCUT2D eigenvalue weighted by atomic mass is 16.5. The molecule has 8 rings (SSSR count). The van der Waals surface area contributed by atoms with Gasteiger partial charge in [0, 0.05) is 24.2 Å². The summed E-state index contributed by atoms with van der Waals surface area (Å²) in [5.41, 5.74) is 12.9. The highest BCUT2D eigenvalue weighted by molar-refractivity contribution is 5.91. The second kappa shape index (κ2) is 31.4. The van der Waals surface area contributed by atoms with E-state index in [9.17, 15) is 19.2 Å². The van der Waals surface area contributed by atoms with Crippen molar-refractivity contribution in [2.75, 3.05) is 0 Å². The largest absolute Gasteiger partial charge is 0.457 e. The Morgan fingerprint density at radius 3 is 1.26 bits per heavy atom. The molecule has 1 fully saturated rings. The third kappa shape index (κ3) is 19.0. The van der Waals surface area contributed by atoms with E-state index in [0.29, 0.717) is 35.9 Å². The average molecular weight is 979 g/mol. The van der Waals surface area contributed by atoms with Crippen molar-refractivity contribution >= 4 is 35.1 Å². The molecule has 0 saturated heterocycles. The Morgan fingerprint density at radius 2 is 0.889 bits per heavy atom. The van der Waals surface area contributed by atoms with Gasteiger partial charge in [0.25, 0.3) is 0 Å². The number of ether oxygens (including phenoxy) is 1. The maximum Gasteiger partial charge on any atom is 0.308 e. The molecule has 1 saturated carbocycles. The molecule has 0 aliphatic heterocycles. The number of benzene rings is 5. The lowest BCUT2D eigenvalue weighted by atomic mass is 9.77. The fraction of sp³-hybridized carbons (Fsp3) is 0.522. The third-order valence-corrected chi connectivity index (χ3v) is 13.7. The standard InChI is InChI=1S/C43H44O2.C8H14O.2C4H8O.2C4H10/c1-26(2)43(44)45-42-21-8-28(4)39-20-18-37(25-41(39)42)35-16-15-33-22-32(13-14-34(33)23-35)30-9-11-31(12-10-30)36-17-19-38-27(3)6-7-29(5)40(38)24-36;1-6(2)8(9)7-4-3-5-7;1-4(2)3-5;1-2-3-4-5;1-4(2)3;1-3-4-2/h9-20,22-29,42H,6-8,21H2,1-5H3;6-7H,3-5H2,1-2H3;3-4H,1-2H3;4H,2-3H2,1H3;4H,1-3H3;3-4H2,1-2H3. The quantitative estimate of drug-likeness (QED) is 0.0973. The smallest absolute Gasteiger partial charge is 0.308 e. The van der Waals surface area contributed by atoms with E-state index < -0.39 is 0 Å². The van der Waals surface area contributed by atoms with Gasteiger partial charge in [-0.15, -0.1) is 0 Å². The predicted molar refractivity (Wildman–Crippen MR) is 308 cm³/mol. The third-order valence-electron chi connectivity index (χ3n) is 13.7. The zero-order valence-electron chi connectivity index (χ0n) is 47.4. The number of fused-ring (bicyclic) bond motifs is 3. The Bertz CT molecular complexity index is 2410. The van der Waals surface area contributed by atoms with Crippen molar-refractivity contribution in [1.29, 1.82) is 0 Å². The molecule has 0 bridgehead atoms. The lowest BCUT2D eigenvalue weighted by Crippen LogP contribution is -2.25. The van der Waals surface area contributed by atoms with E-state index in [0.717, 1.165) is 50.6 Å². The summed E-state index contributed by atoms with van der Waals surface area (Å²) in [6, 6.07) is 36.4. The molecule has 0 N–H and O–H groups in total. The van der Waals surface area contributed by atoms with E-state index in [-0.39, 0.29) is 29.8 Å². The monoisotopic (exact) mass is 979 g/mol. The number of carbonyl (C=O) groups excluding carboxylic acids is 4. The van der Waals surface area contributed by atoms with Crippen molar-refractivity contribution in [2.45, 2.75) is 198 Å². The van der Waals surface area contributed by atoms with Gasteiger partial charge in [-0.05, 0) is 153 Å². The van der Waals surface area contributed by atoms with Crippen LogP contribution in [0.2, 0.25) is 0 Å². The van der Waals surface area contributed by atoms with Gasteiger partial charge >= 0.3 is 5.97 Å². The second-order valence-electron chi connectivity index (χ2n) is 22.2. The lowest BCUT2D eigenvalue weighted by Gasteiger charge is -2.30. The summed E-state index contributed by atoms with van der Waals surface area (Å²) in [6.07, 6.45) is 14.1. The number of carbonyl (C=O) groups is 4. The van der Waals surface area contributed by atoms with Crippen LogP contribution in [0, 0.1) is 29.6 Å². The number of hydrogen-bond acceptors (Lipinski definition) is 5. The summed E-state index contributed by atoms with van der Waals surface area (Å²) in [5.74, 6) is 3.73. The van der Waals surface area contributed by atoms with E-state index in [1.165, 1.54) is 98.5 Å². The fourth-order valence-electron chi connectivity index (χ4n) is 8.78. The van der Waals surface area contributed by atoms with Crippen LogP contribution in [0.4, 0.5) is 0 Å². The molecule has 3 aliphatic rings. The van der Waals surface area contributed by atoms with Crippen molar-refractivity contribution in [1.82, 2.24) is 0 Å². The first-order valence-electron chi connectivity index (χ1n) is 27.9. The topological polar surface area (TPSA) is 77.5 Å². The Kier molecular flexibility index (Phi) is 26.7. The van der Waals surface area contributed by atoms with Crippen LogP contribution in [-0.4, -0.2) is 24.3 Å². The fourth-order valence-corrected chi connectivity index (χ4v) is 8.78. The van der Waals surface area contributed by atoms with Crippen molar-refractivity contribution in [3.05, 3.63) is 119 Å². The summed E-state index contributed by atoms with van der Waals surface area (Å²) in [7, 11) is 0. The van der Waals surface area contributed by atoms with Gasteiger partial charge in [0.2, 0.25) is 0 Å². The molecule has 4 unspecified atom stereocenters. The first-order valence-corrected chi connectivity index (χ1v) is 27.9. The molecule has 5 nitrogen and oxygen atoms in total. The van der Waals surface area contributed by atoms with Crippen LogP contribution >= 0.6 is 0 Å². The molecule has 72 heavy (non-hydrogen) atoms. The zero-order valence-corrected chi connectivity index (χ0v) is 47.4. The minimum Gasteiger partial charge on any atom is -0.457 e. The number of esters is 1. The van der Waals surface area contributed by atoms with Crippen molar-refractivity contribution < 1.29 is 23.9 Å². The minimum absolute atomic E-state index is 0.120. The van der Waals surface area contributed by atoms with Crippen LogP contribution < -0.4 is 0 Å². The molecule has 0 aromatic heterocycles. The van der Waals surface area contributed by atoms with Crippen LogP contribution in [0.1, 0.15) is 221 Å². The summed E-state index contributed by atoms with van der Waals surface area (Å²) in [4.78, 5) is 42.5. The Labute approximate surface area is 437 Å². The number of rotatable bonds is 11. The first kappa shape index (κ1) is 61.1. The van der Waals surface area contributed by atoms with E-state index in [2.05, 4.69) is 152 Å². The average Bonchev–Trinajstić information content (AvgIpc) is 3.35. The number of aldehydes is 2. The van der Waals surface area contributed by atoms with Crippen LogP contribution in [-0.2, 0) is 23.9 Å². The summed E-state index contributed by atoms with van der Waals surface area (Å²) >= 11 is 0. The number of hydrogen-bond donors (Lipinski definition) is 0. The molecular formula is C67H94O5. The molecule has 0 amide bonds. The molecule has 5 aromatic carbocycles. The van der Waals surface area contributed by atoms with Crippen LogP contribution in [0.5, 0.6) is 0 Å². The number of ketones is 1. The van der Waals surface area contributed by atoms with Crippen LogP contribution in [0.25, 0.3) is 44.2 Å². The van der Waals surface area contributed by atoms with Crippen molar-refractivity contribution in [3.63, 3.8) is 0 Å². The van der Waals surface area contributed by atoms with Gasteiger partial charge in [-0.3, -0.25) is 9.59 Å². The molecule has 5 aromatic rings. The Balaban J connectivity index is 0.000000414. The van der Waals surface area contributed by atoms with Gasteiger partial charge in [-0.25, -0.2) is 0 Å². The van der Waals surface area contributed by atoms with Crippen molar-refractivity contribution in [2.24, 2.45) is 29.6 Å². The maximum absolute atomic E-state index is 12.5. The van der Waals surface area contributed by atoms with E-state index >= 15 is 0 Å². The van der Waals surface area contributed by atoms with E-state index in [4.69, 9.17) is 4.74 Å². The molecule has 5 heteroatoms. The highest BCUT2D eigenvalue weighted by Crippen LogP contribution is 2.43. The number of Topliss-reactive ketones (excluding diaryl/α,β-unsaturated/α-hetero) is 1. The highest BCUT2D eigenvalue weighted by Gasteiger charge is 2.29. The van der Waals surface area contributed by atoms with Gasteiger partial charge in [0.15, 0.2) is 0 Å². The van der Waals surface area contributed by atoms with Crippen molar-refractivity contribution in [3.8, 4) is 33.4 Å². The molecule has 0 heterocycles. The van der Waals surface area contributed by atoms with E-state index in [1.807, 2.05) is 48.5 Å².